The minimum Gasteiger partial charge on any atom is -0.477 e. The third-order valence-corrected chi connectivity index (χ3v) is 2.23. The average molecular weight is 244 g/mol. The van der Waals surface area contributed by atoms with Crippen LogP contribution in [-0.4, -0.2) is 17.3 Å². The topological polar surface area (TPSA) is 49.7 Å². The van der Waals surface area contributed by atoms with E-state index in [2.05, 4.69) is 4.99 Å². The van der Waals surface area contributed by atoms with E-state index in [0.717, 1.165) is 0 Å². The van der Waals surface area contributed by atoms with Gasteiger partial charge in [0.05, 0.1) is 10.7 Å². The summed E-state index contributed by atoms with van der Waals surface area (Å²) in [5.74, 6) is -1.28. The number of aliphatic imine (C=N–C) groups is 1. The van der Waals surface area contributed by atoms with Crippen LogP contribution in [-0.2, 0) is 4.79 Å². The summed E-state index contributed by atoms with van der Waals surface area (Å²) in [4.78, 5) is 14.4. The number of benzene rings is 1. The van der Waals surface area contributed by atoms with Crippen molar-refractivity contribution < 1.29 is 9.90 Å². The molecule has 0 heterocycles. The Hall–Kier alpha value is -1.32. The molecular formula is C10H7Cl2NO2. The maximum absolute atomic E-state index is 10.4. The van der Waals surface area contributed by atoms with Crippen LogP contribution in [0.2, 0.25) is 0 Å². The number of carboxylic acids is 1. The normalized spacial score (nSPS) is 12.7. The maximum atomic E-state index is 10.4. The van der Waals surface area contributed by atoms with E-state index in [1.165, 1.54) is 6.21 Å². The van der Waals surface area contributed by atoms with Crippen LogP contribution in [0.5, 0.6) is 0 Å². The fraction of sp³-hybridized carbons (Fsp3) is 0. The highest BCUT2D eigenvalue weighted by atomic mass is 35.5. The molecule has 1 N–H and O–H groups in total. The van der Waals surface area contributed by atoms with Gasteiger partial charge in [0.15, 0.2) is 0 Å². The van der Waals surface area contributed by atoms with E-state index >= 15 is 0 Å². The largest absolute Gasteiger partial charge is 0.477 e. The summed E-state index contributed by atoms with van der Waals surface area (Å²) in [6, 6.07) is 8.98. The first kappa shape index (κ1) is 11.8. The summed E-state index contributed by atoms with van der Waals surface area (Å²) in [5.41, 5.74) is 0.672. The van der Waals surface area contributed by atoms with Crippen molar-refractivity contribution in [1.82, 2.24) is 0 Å². The van der Waals surface area contributed by atoms with Gasteiger partial charge in [-0.2, -0.15) is 0 Å². The summed E-state index contributed by atoms with van der Waals surface area (Å²) in [6.45, 7) is 0. The number of para-hydroxylation sites is 1. The summed E-state index contributed by atoms with van der Waals surface area (Å²) in [6.07, 6.45) is 1.20. The number of aliphatic carboxylic acids is 1. The molecule has 3 nitrogen and oxygen atoms in total. The van der Waals surface area contributed by atoms with Crippen molar-refractivity contribution in [3.05, 3.63) is 40.4 Å². The zero-order valence-electron chi connectivity index (χ0n) is 7.52. The Morgan fingerprint density at radius 3 is 2.40 bits per heavy atom. The van der Waals surface area contributed by atoms with E-state index in [-0.39, 0.29) is 5.03 Å². The highest BCUT2D eigenvalue weighted by Crippen LogP contribution is 2.15. The van der Waals surface area contributed by atoms with Gasteiger partial charge in [-0.25, -0.2) is 4.79 Å². The van der Waals surface area contributed by atoms with Crippen molar-refractivity contribution in [3.8, 4) is 0 Å². The first-order valence-corrected chi connectivity index (χ1v) is 4.74. The fourth-order valence-electron chi connectivity index (χ4n) is 0.804. The van der Waals surface area contributed by atoms with Gasteiger partial charge in [0, 0.05) is 6.21 Å². The number of nitrogens with zero attached hydrogens (tertiary/aromatic N) is 1. The first-order chi connectivity index (χ1) is 7.11. The first-order valence-electron chi connectivity index (χ1n) is 3.99. The molecule has 1 rings (SSSR count). The lowest BCUT2D eigenvalue weighted by molar-refractivity contribution is -0.131. The second kappa shape index (κ2) is 5.53. The van der Waals surface area contributed by atoms with Crippen molar-refractivity contribution >= 4 is 41.1 Å². The van der Waals surface area contributed by atoms with E-state index < -0.39 is 11.0 Å². The van der Waals surface area contributed by atoms with Gasteiger partial charge in [-0.05, 0) is 12.1 Å². The SMILES string of the molecule is O=C(O)/C(Cl)=C(Cl)/C=N\c1ccccc1. The number of carboxylic acid groups (broad SMARTS) is 1. The molecule has 1 aromatic carbocycles. The van der Waals surface area contributed by atoms with Crippen molar-refractivity contribution in [2.75, 3.05) is 0 Å². The highest BCUT2D eigenvalue weighted by Gasteiger charge is 2.07. The standard InChI is InChI=1S/C10H7Cl2NO2/c11-8(9(12)10(14)15)6-13-7-4-2-1-3-5-7/h1-6H,(H,14,15)/b9-8+,13-6-. The molecule has 0 bridgehead atoms. The second-order valence-corrected chi connectivity index (χ2v) is 3.35. The molecule has 0 unspecified atom stereocenters. The summed E-state index contributed by atoms with van der Waals surface area (Å²) < 4.78 is 0. The van der Waals surface area contributed by atoms with Gasteiger partial charge in [-0.3, -0.25) is 4.99 Å². The van der Waals surface area contributed by atoms with Crippen LogP contribution < -0.4 is 0 Å². The maximum Gasteiger partial charge on any atom is 0.348 e. The number of hydrogen-bond donors (Lipinski definition) is 1. The molecule has 0 aliphatic heterocycles. The fourth-order valence-corrected chi connectivity index (χ4v) is 0.983. The molecule has 78 valence electrons. The molecule has 1 aromatic rings. The van der Waals surface area contributed by atoms with Crippen LogP contribution in [0.3, 0.4) is 0 Å². The van der Waals surface area contributed by atoms with Crippen LogP contribution in [0, 0.1) is 0 Å². The van der Waals surface area contributed by atoms with Crippen molar-refractivity contribution in [3.63, 3.8) is 0 Å². The second-order valence-electron chi connectivity index (χ2n) is 2.56. The quantitative estimate of drug-likeness (QED) is 0.655. The molecular weight excluding hydrogens is 237 g/mol. The Morgan fingerprint density at radius 2 is 1.87 bits per heavy atom. The molecule has 0 radical (unpaired) electrons. The van der Waals surface area contributed by atoms with Gasteiger partial charge in [0.1, 0.15) is 5.03 Å². The lowest BCUT2D eigenvalue weighted by atomic mass is 10.3. The summed E-state index contributed by atoms with van der Waals surface area (Å²) in [7, 11) is 0. The Bertz CT molecular complexity index is 413. The van der Waals surface area contributed by atoms with Crippen molar-refractivity contribution in [1.29, 1.82) is 0 Å². The van der Waals surface area contributed by atoms with E-state index in [9.17, 15) is 4.79 Å². The molecule has 0 spiro atoms. The smallest absolute Gasteiger partial charge is 0.348 e. The van der Waals surface area contributed by atoms with Crippen LogP contribution in [0.4, 0.5) is 5.69 Å². The average Bonchev–Trinajstić information content (AvgIpc) is 2.26. The minimum absolute atomic E-state index is 0.104. The van der Waals surface area contributed by atoms with E-state index in [0.29, 0.717) is 5.69 Å². The lowest BCUT2D eigenvalue weighted by Crippen LogP contribution is -1.96. The lowest BCUT2D eigenvalue weighted by Gasteiger charge is -1.93. The third-order valence-electron chi connectivity index (χ3n) is 1.48. The van der Waals surface area contributed by atoms with E-state index in [4.69, 9.17) is 28.3 Å². The van der Waals surface area contributed by atoms with Gasteiger partial charge < -0.3 is 5.11 Å². The van der Waals surface area contributed by atoms with Gasteiger partial charge in [0.2, 0.25) is 0 Å². The van der Waals surface area contributed by atoms with Crippen LogP contribution in [0.1, 0.15) is 0 Å². The monoisotopic (exact) mass is 243 g/mol. The predicted molar refractivity (Wildman–Crippen MR) is 61.0 cm³/mol. The van der Waals surface area contributed by atoms with Crippen molar-refractivity contribution in [2.45, 2.75) is 0 Å². The molecule has 0 aliphatic carbocycles. The predicted octanol–water partition coefficient (Wildman–Crippen LogP) is 3.16. The van der Waals surface area contributed by atoms with E-state index in [1.54, 1.807) is 12.1 Å². The summed E-state index contributed by atoms with van der Waals surface area (Å²) in [5, 5.41) is 7.96. The minimum atomic E-state index is -1.28. The molecule has 0 aliphatic rings. The molecule has 0 aromatic heterocycles. The molecule has 5 heteroatoms. The summed E-state index contributed by atoms with van der Waals surface area (Å²) >= 11 is 11.0. The molecule has 0 saturated carbocycles. The van der Waals surface area contributed by atoms with Gasteiger partial charge >= 0.3 is 5.97 Å². The highest BCUT2D eigenvalue weighted by molar-refractivity contribution is 6.51. The third kappa shape index (κ3) is 3.73. The molecule has 15 heavy (non-hydrogen) atoms. The van der Waals surface area contributed by atoms with Crippen molar-refractivity contribution in [2.24, 2.45) is 4.99 Å². The van der Waals surface area contributed by atoms with Gasteiger partial charge in [0.25, 0.3) is 0 Å². The Balaban J connectivity index is 2.83. The number of rotatable bonds is 3. The van der Waals surface area contributed by atoms with Gasteiger partial charge in [-0.15, -0.1) is 0 Å². The Morgan fingerprint density at radius 1 is 1.27 bits per heavy atom. The zero-order chi connectivity index (χ0) is 11.3. The Kier molecular flexibility index (Phi) is 4.34. The molecule has 0 amide bonds. The van der Waals surface area contributed by atoms with Crippen LogP contribution in [0.15, 0.2) is 45.4 Å². The van der Waals surface area contributed by atoms with Crippen LogP contribution in [0.25, 0.3) is 0 Å². The number of allylic oxidation sites excluding steroid dienone is 1. The van der Waals surface area contributed by atoms with E-state index in [1.807, 2.05) is 18.2 Å². The molecule has 0 saturated heterocycles. The number of hydrogen-bond acceptors (Lipinski definition) is 2. The molecule has 0 fully saturated rings. The molecule has 0 atom stereocenters. The Labute approximate surface area is 96.7 Å². The van der Waals surface area contributed by atoms with Crippen LogP contribution >= 0.6 is 23.2 Å². The number of halogens is 2. The van der Waals surface area contributed by atoms with Gasteiger partial charge in [-0.1, -0.05) is 41.4 Å². The zero-order valence-corrected chi connectivity index (χ0v) is 9.03. The number of carbonyl (C=O) groups is 1.